The van der Waals surface area contributed by atoms with Crippen LogP contribution in [-0.4, -0.2) is 38.6 Å². The lowest BCUT2D eigenvalue weighted by atomic mass is 10.1. The van der Waals surface area contributed by atoms with Crippen LogP contribution in [0, 0.1) is 0 Å². The van der Waals surface area contributed by atoms with E-state index in [0.29, 0.717) is 26.4 Å². The summed E-state index contributed by atoms with van der Waals surface area (Å²) in [6.07, 6.45) is 0. The highest BCUT2D eigenvalue weighted by atomic mass is 16.5. The smallest absolute Gasteiger partial charge is 0.119 e. The first kappa shape index (κ1) is 15.4. The molecule has 4 heteroatoms. The van der Waals surface area contributed by atoms with Crippen LogP contribution >= 0.6 is 0 Å². The predicted molar refractivity (Wildman–Crippen MR) is 81.7 cm³/mol. The lowest BCUT2D eigenvalue weighted by molar-refractivity contribution is 0.0544. The fourth-order valence-electron chi connectivity index (χ4n) is 1.86. The van der Waals surface area contributed by atoms with Gasteiger partial charge in [0, 0.05) is 7.11 Å². The highest BCUT2D eigenvalue weighted by molar-refractivity contribution is 5.64. The molecule has 0 saturated carbocycles. The third-order valence-corrected chi connectivity index (χ3v) is 2.98. The first-order valence-corrected chi connectivity index (χ1v) is 6.88. The van der Waals surface area contributed by atoms with Crippen LogP contribution in [0.3, 0.4) is 0 Å². The Morgan fingerprint density at radius 2 is 1.33 bits per heavy atom. The van der Waals surface area contributed by atoms with Crippen LogP contribution in [0.25, 0.3) is 11.1 Å². The molecule has 0 bridgehead atoms. The number of aromatic hydroxyl groups is 1. The maximum atomic E-state index is 9.28. The summed E-state index contributed by atoms with van der Waals surface area (Å²) in [5, 5.41) is 9.28. The molecule has 2 aromatic carbocycles. The summed E-state index contributed by atoms with van der Waals surface area (Å²) in [5.74, 6) is 1.08. The number of rotatable bonds is 8. The average molecular weight is 288 g/mol. The summed E-state index contributed by atoms with van der Waals surface area (Å²) in [6, 6.07) is 15.0. The van der Waals surface area contributed by atoms with Crippen molar-refractivity contribution in [1.29, 1.82) is 0 Å². The Morgan fingerprint density at radius 3 is 1.95 bits per heavy atom. The number of phenols is 1. The van der Waals surface area contributed by atoms with Crippen molar-refractivity contribution in [3.8, 4) is 22.6 Å². The summed E-state index contributed by atoms with van der Waals surface area (Å²) in [5.41, 5.74) is 2.14. The van der Waals surface area contributed by atoms with E-state index in [0.717, 1.165) is 16.9 Å². The molecular formula is C17H20O4. The third-order valence-electron chi connectivity index (χ3n) is 2.98. The number of ether oxygens (including phenoxy) is 3. The minimum absolute atomic E-state index is 0.271. The van der Waals surface area contributed by atoms with Crippen molar-refractivity contribution in [2.45, 2.75) is 0 Å². The van der Waals surface area contributed by atoms with Gasteiger partial charge in [0.15, 0.2) is 0 Å². The van der Waals surface area contributed by atoms with Crippen molar-refractivity contribution in [2.24, 2.45) is 0 Å². The maximum absolute atomic E-state index is 9.28. The molecule has 2 rings (SSSR count). The largest absolute Gasteiger partial charge is 0.508 e. The quantitative estimate of drug-likeness (QED) is 0.758. The molecule has 0 amide bonds. The fourth-order valence-corrected chi connectivity index (χ4v) is 1.86. The topological polar surface area (TPSA) is 47.9 Å². The van der Waals surface area contributed by atoms with Gasteiger partial charge >= 0.3 is 0 Å². The summed E-state index contributed by atoms with van der Waals surface area (Å²) < 4.78 is 15.8. The molecule has 1 N–H and O–H groups in total. The standard InChI is InChI=1S/C17H20O4/c1-19-10-11-20-12-13-21-17-8-4-15(5-9-17)14-2-6-16(18)7-3-14/h2-9,18H,10-13H2,1H3. The van der Waals surface area contributed by atoms with E-state index >= 15 is 0 Å². The normalized spacial score (nSPS) is 10.5. The van der Waals surface area contributed by atoms with Crippen molar-refractivity contribution >= 4 is 0 Å². The molecule has 0 spiro atoms. The predicted octanol–water partition coefficient (Wildman–Crippen LogP) is 3.10. The molecule has 0 fully saturated rings. The van der Waals surface area contributed by atoms with Crippen LogP contribution in [0.2, 0.25) is 0 Å². The van der Waals surface area contributed by atoms with Gasteiger partial charge in [-0.15, -0.1) is 0 Å². The molecule has 21 heavy (non-hydrogen) atoms. The molecule has 112 valence electrons. The second-order valence-corrected chi connectivity index (χ2v) is 4.52. The Bertz CT molecular complexity index is 519. The van der Waals surface area contributed by atoms with E-state index in [-0.39, 0.29) is 5.75 Å². The molecule has 0 radical (unpaired) electrons. The van der Waals surface area contributed by atoms with Crippen LogP contribution in [0.1, 0.15) is 0 Å². The minimum Gasteiger partial charge on any atom is -0.508 e. The first-order valence-electron chi connectivity index (χ1n) is 6.88. The second-order valence-electron chi connectivity index (χ2n) is 4.52. The monoisotopic (exact) mass is 288 g/mol. The summed E-state index contributed by atoms with van der Waals surface area (Å²) >= 11 is 0. The van der Waals surface area contributed by atoms with Crippen molar-refractivity contribution in [3.05, 3.63) is 48.5 Å². The van der Waals surface area contributed by atoms with Crippen LogP contribution in [0.15, 0.2) is 48.5 Å². The van der Waals surface area contributed by atoms with Gasteiger partial charge in [0.2, 0.25) is 0 Å². The van der Waals surface area contributed by atoms with E-state index < -0.39 is 0 Å². The van der Waals surface area contributed by atoms with Crippen molar-refractivity contribution in [3.63, 3.8) is 0 Å². The Balaban J connectivity index is 1.80. The van der Waals surface area contributed by atoms with E-state index in [1.54, 1.807) is 19.2 Å². The molecule has 0 aliphatic rings. The minimum atomic E-state index is 0.271. The van der Waals surface area contributed by atoms with E-state index in [4.69, 9.17) is 14.2 Å². The van der Waals surface area contributed by atoms with E-state index in [1.807, 2.05) is 36.4 Å². The van der Waals surface area contributed by atoms with E-state index in [9.17, 15) is 5.11 Å². The van der Waals surface area contributed by atoms with Crippen molar-refractivity contribution < 1.29 is 19.3 Å². The molecule has 0 aliphatic heterocycles. The molecule has 0 aromatic heterocycles. The average Bonchev–Trinajstić information content (AvgIpc) is 2.52. The lowest BCUT2D eigenvalue weighted by Gasteiger charge is -2.08. The summed E-state index contributed by atoms with van der Waals surface area (Å²) in [7, 11) is 1.65. The van der Waals surface area contributed by atoms with Gasteiger partial charge in [-0.3, -0.25) is 0 Å². The third kappa shape index (κ3) is 5.10. The number of hydrogen-bond acceptors (Lipinski definition) is 4. The fraction of sp³-hybridized carbons (Fsp3) is 0.294. The number of phenolic OH excluding ortho intramolecular Hbond substituents is 1. The highest BCUT2D eigenvalue weighted by Crippen LogP contribution is 2.24. The number of benzene rings is 2. The molecule has 0 saturated heterocycles. The van der Waals surface area contributed by atoms with Gasteiger partial charge in [-0.25, -0.2) is 0 Å². The van der Waals surface area contributed by atoms with Gasteiger partial charge in [-0.1, -0.05) is 24.3 Å². The maximum Gasteiger partial charge on any atom is 0.119 e. The molecule has 2 aromatic rings. The van der Waals surface area contributed by atoms with Crippen LogP contribution < -0.4 is 4.74 Å². The van der Waals surface area contributed by atoms with Gasteiger partial charge in [-0.05, 0) is 35.4 Å². The van der Waals surface area contributed by atoms with Gasteiger partial charge in [0.25, 0.3) is 0 Å². The molecule has 0 aliphatic carbocycles. The summed E-state index contributed by atoms with van der Waals surface area (Å²) in [4.78, 5) is 0. The van der Waals surface area contributed by atoms with E-state index in [2.05, 4.69) is 0 Å². The Morgan fingerprint density at radius 1 is 0.762 bits per heavy atom. The SMILES string of the molecule is COCCOCCOc1ccc(-c2ccc(O)cc2)cc1. The van der Waals surface area contributed by atoms with Gasteiger partial charge < -0.3 is 19.3 Å². The van der Waals surface area contributed by atoms with Crippen LogP contribution in [0.4, 0.5) is 0 Å². The zero-order valence-corrected chi connectivity index (χ0v) is 12.1. The van der Waals surface area contributed by atoms with Crippen LogP contribution in [0.5, 0.6) is 11.5 Å². The number of hydrogen-bond donors (Lipinski definition) is 1. The Kier molecular flexibility index (Phi) is 6.06. The van der Waals surface area contributed by atoms with Gasteiger partial charge in [0.05, 0.1) is 19.8 Å². The zero-order valence-electron chi connectivity index (χ0n) is 12.1. The van der Waals surface area contributed by atoms with Crippen LogP contribution in [-0.2, 0) is 9.47 Å². The Hall–Kier alpha value is -2.04. The van der Waals surface area contributed by atoms with Crippen molar-refractivity contribution in [1.82, 2.24) is 0 Å². The van der Waals surface area contributed by atoms with Crippen molar-refractivity contribution in [2.75, 3.05) is 33.5 Å². The Labute approximate surface area is 124 Å². The molecule has 0 heterocycles. The molecule has 4 nitrogen and oxygen atoms in total. The zero-order chi connectivity index (χ0) is 14.9. The molecular weight excluding hydrogens is 268 g/mol. The molecule has 0 atom stereocenters. The summed E-state index contributed by atoms with van der Waals surface area (Å²) in [6.45, 7) is 2.24. The second kappa shape index (κ2) is 8.29. The molecule has 0 unspecified atom stereocenters. The van der Waals surface area contributed by atoms with E-state index in [1.165, 1.54) is 0 Å². The lowest BCUT2D eigenvalue weighted by Crippen LogP contribution is -2.09. The number of methoxy groups -OCH3 is 1. The van der Waals surface area contributed by atoms with Gasteiger partial charge in [0.1, 0.15) is 18.1 Å². The van der Waals surface area contributed by atoms with Gasteiger partial charge in [-0.2, -0.15) is 0 Å². The first-order chi connectivity index (χ1) is 10.3. The highest BCUT2D eigenvalue weighted by Gasteiger charge is 1.99.